The molecular formula is C24H24FN5O4. The number of hydrogen-bond acceptors (Lipinski definition) is 8. The molecule has 0 aliphatic carbocycles. The maximum Gasteiger partial charge on any atom is 0.338 e. The fourth-order valence-corrected chi connectivity index (χ4v) is 3.65. The lowest BCUT2D eigenvalue weighted by atomic mass is 9.95. The summed E-state index contributed by atoms with van der Waals surface area (Å²) in [5, 5.41) is 14.8. The summed E-state index contributed by atoms with van der Waals surface area (Å²) < 4.78 is 32.5. The Hall–Kier alpha value is -4.21. The van der Waals surface area contributed by atoms with Gasteiger partial charge in [0.15, 0.2) is 11.5 Å². The van der Waals surface area contributed by atoms with Crippen molar-refractivity contribution < 1.29 is 23.4 Å². The monoisotopic (exact) mass is 465 g/mol. The smallest absolute Gasteiger partial charge is 0.338 e. The van der Waals surface area contributed by atoms with Gasteiger partial charge < -0.3 is 19.5 Å². The Morgan fingerprint density at radius 1 is 1.24 bits per heavy atom. The third-order valence-electron chi connectivity index (χ3n) is 5.19. The third-order valence-corrected chi connectivity index (χ3v) is 5.19. The molecule has 4 rings (SSSR count). The molecule has 176 valence electrons. The highest BCUT2D eigenvalue weighted by Gasteiger charge is 2.35. The molecule has 10 heteroatoms. The number of nitrogens with one attached hydrogen (secondary N) is 1. The highest BCUT2D eigenvalue weighted by molar-refractivity contribution is 5.92. The molecule has 1 aliphatic heterocycles. The van der Waals surface area contributed by atoms with Gasteiger partial charge in [0.25, 0.3) is 0 Å². The molecule has 0 amide bonds. The minimum atomic E-state index is -0.664. The molecule has 3 aromatic rings. The lowest BCUT2D eigenvalue weighted by Gasteiger charge is -2.27. The fourth-order valence-electron chi connectivity index (χ4n) is 3.65. The zero-order valence-corrected chi connectivity index (χ0v) is 18.8. The van der Waals surface area contributed by atoms with E-state index in [1.807, 2.05) is 6.92 Å². The second-order valence-corrected chi connectivity index (χ2v) is 7.42. The second kappa shape index (κ2) is 10.2. The second-order valence-electron chi connectivity index (χ2n) is 7.42. The van der Waals surface area contributed by atoms with Crippen LogP contribution in [0.5, 0.6) is 11.5 Å². The van der Waals surface area contributed by atoms with Gasteiger partial charge in [0, 0.05) is 11.3 Å². The van der Waals surface area contributed by atoms with Crippen molar-refractivity contribution in [2.24, 2.45) is 0 Å². The molecule has 1 unspecified atom stereocenters. The van der Waals surface area contributed by atoms with Gasteiger partial charge in [-0.15, -0.1) is 0 Å². The van der Waals surface area contributed by atoms with Crippen LogP contribution >= 0.6 is 0 Å². The Bertz CT molecular complexity index is 1240. The summed E-state index contributed by atoms with van der Waals surface area (Å²) in [7, 11) is 0. The molecular weight excluding hydrogens is 441 g/mol. The van der Waals surface area contributed by atoms with Crippen molar-refractivity contribution in [3.63, 3.8) is 0 Å². The number of carbonyl (C=O) groups excluding carboxylic acids is 1. The van der Waals surface area contributed by atoms with Gasteiger partial charge in [-0.1, -0.05) is 42.0 Å². The number of nitrogens with zero attached hydrogens (tertiary/aromatic N) is 4. The molecule has 34 heavy (non-hydrogen) atoms. The summed E-state index contributed by atoms with van der Waals surface area (Å²) >= 11 is 0. The molecule has 0 saturated carbocycles. The molecule has 9 nitrogen and oxygen atoms in total. The number of fused-ring (bicyclic) bond motifs is 1. The summed E-state index contributed by atoms with van der Waals surface area (Å²) in [5.41, 5.74) is 2.03. The molecule has 2 heterocycles. The van der Waals surface area contributed by atoms with Crippen LogP contribution in [-0.4, -0.2) is 39.4 Å². The van der Waals surface area contributed by atoms with Crippen molar-refractivity contribution >= 4 is 11.9 Å². The Morgan fingerprint density at radius 2 is 2.06 bits per heavy atom. The van der Waals surface area contributed by atoms with E-state index in [0.717, 1.165) is 0 Å². The Morgan fingerprint density at radius 3 is 2.82 bits per heavy atom. The number of carbonyl (C=O) groups is 1. The topological polar surface area (TPSA) is 100 Å². The largest absolute Gasteiger partial charge is 0.490 e. The average Bonchev–Trinajstić information content (AvgIpc) is 3.30. The molecule has 1 atom stereocenters. The van der Waals surface area contributed by atoms with E-state index in [1.54, 1.807) is 43.3 Å². The number of hydrogen-bond donors (Lipinski definition) is 1. The van der Waals surface area contributed by atoms with Crippen LogP contribution in [0.1, 0.15) is 31.0 Å². The predicted octanol–water partition coefficient (Wildman–Crippen LogP) is 3.81. The zero-order valence-electron chi connectivity index (χ0n) is 18.8. The number of rotatable bonds is 9. The number of esters is 1. The van der Waals surface area contributed by atoms with Crippen LogP contribution in [0.25, 0.3) is 0 Å². The number of aromatic nitrogens is 4. The van der Waals surface area contributed by atoms with Crippen LogP contribution < -0.4 is 14.8 Å². The van der Waals surface area contributed by atoms with E-state index in [2.05, 4.69) is 27.4 Å². The van der Waals surface area contributed by atoms with E-state index >= 15 is 0 Å². The molecule has 2 aromatic carbocycles. The number of benzene rings is 2. The molecule has 0 bridgehead atoms. The first-order chi connectivity index (χ1) is 16.5. The van der Waals surface area contributed by atoms with Crippen molar-refractivity contribution in [3.8, 4) is 11.5 Å². The molecule has 0 radical (unpaired) electrons. The first kappa shape index (κ1) is 23.0. The van der Waals surface area contributed by atoms with E-state index in [-0.39, 0.29) is 19.0 Å². The number of tetrazole rings is 1. The molecule has 1 aliphatic rings. The van der Waals surface area contributed by atoms with Gasteiger partial charge in [0.05, 0.1) is 12.2 Å². The van der Waals surface area contributed by atoms with Crippen LogP contribution in [-0.2, 0) is 16.1 Å². The van der Waals surface area contributed by atoms with Gasteiger partial charge in [-0.2, -0.15) is 4.68 Å². The van der Waals surface area contributed by atoms with Gasteiger partial charge in [-0.3, -0.25) is 0 Å². The quantitative estimate of drug-likeness (QED) is 0.376. The van der Waals surface area contributed by atoms with Crippen LogP contribution in [0.3, 0.4) is 0 Å². The summed E-state index contributed by atoms with van der Waals surface area (Å²) in [6.07, 6.45) is 1.50. The number of halogens is 1. The van der Waals surface area contributed by atoms with Gasteiger partial charge in [-0.25, -0.2) is 9.18 Å². The Labute approximate surface area is 195 Å². The summed E-state index contributed by atoms with van der Waals surface area (Å²) in [4.78, 5) is 12.9. The first-order valence-electron chi connectivity index (χ1n) is 10.7. The number of allylic oxidation sites excluding steroid dienone is 1. The summed E-state index contributed by atoms with van der Waals surface area (Å²) in [6.45, 7) is 7.67. The van der Waals surface area contributed by atoms with Gasteiger partial charge in [0.1, 0.15) is 25.1 Å². The summed E-state index contributed by atoms with van der Waals surface area (Å²) in [6, 6.07) is 11.0. The highest BCUT2D eigenvalue weighted by atomic mass is 19.1. The molecule has 1 aromatic heterocycles. The van der Waals surface area contributed by atoms with Crippen molar-refractivity contribution in [1.29, 1.82) is 0 Å². The van der Waals surface area contributed by atoms with Crippen molar-refractivity contribution in [1.82, 2.24) is 20.2 Å². The van der Waals surface area contributed by atoms with Crippen molar-refractivity contribution in [3.05, 3.63) is 83.3 Å². The fraction of sp³-hybridized carbons (Fsp3) is 0.250. The van der Waals surface area contributed by atoms with Crippen LogP contribution in [0.15, 0.2) is 66.4 Å². The molecule has 0 saturated heterocycles. The lowest BCUT2D eigenvalue weighted by molar-refractivity contribution is -0.138. The predicted molar refractivity (Wildman–Crippen MR) is 122 cm³/mol. The molecule has 0 fully saturated rings. The maximum absolute atomic E-state index is 14.0. The van der Waals surface area contributed by atoms with E-state index in [0.29, 0.717) is 46.5 Å². The summed E-state index contributed by atoms with van der Waals surface area (Å²) in [5.74, 6) is 0.410. The van der Waals surface area contributed by atoms with E-state index in [9.17, 15) is 9.18 Å². The average molecular weight is 465 g/mol. The molecule has 0 spiro atoms. The minimum Gasteiger partial charge on any atom is -0.490 e. The lowest BCUT2D eigenvalue weighted by Crippen LogP contribution is -2.29. The number of anilines is 1. The van der Waals surface area contributed by atoms with Gasteiger partial charge >= 0.3 is 5.97 Å². The Balaban J connectivity index is 1.70. The van der Waals surface area contributed by atoms with Crippen molar-refractivity contribution in [2.45, 2.75) is 26.5 Å². The maximum atomic E-state index is 14.0. The highest BCUT2D eigenvalue weighted by Crippen LogP contribution is 2.39. The number of ether oxygens (including phenoxy) is 3. The van der Waals surface area contributed by atoms with Crippen LogP contribution in [0, 0.1) is 5.82 Å². The molecule has 1 N–H and O–H groups in total. The minimum absolute atomic E-state index is 0.0364. The van der Waals surface area contributed by atoms with Crippen LogP contribution in [0.4, 0.5) is 10.3 Å². The Kier molecular flexibility index (Phi) is 6.86. The van der Waals surface area contributed by atoms with E-state index in [4.69, 9.17) is 14.2 Å². The normalized spacial score (nSPS) is 14.7. The standard InChI is InChI=1S/C24H24FN5O4/c1-4-12-33-23(31)21-15(3)26-24-27-28-29-30(24)22(21)16-10-11-19(20(13-16)32-5-2)34-14-17-8-6-7-9-18(17)25/h4,6-11,13,22H,1,5,12,14H2,2-3H3,(H,26,27,29). The zero-order chi connectivity index (χ0) is 24.1. The third kappa shape index (κ3) is 4.61. The first-order valence-corrected chi connectivity index (χ1v) is 10.7. The SMILES string of the molecule is C=CCOC(=O)C1=C(C)Nc2nnnn2C1c1ccc(OCc2ccccc2F)c(OCC)c1. The van der Waals surface area contributed by atoms with Gasteiger partial charge in [-0.05, 0) is 48.0 Å². The van der Waals surface area contributed by atoms with E-state index in [1.165, 1.54) is 16.8 Å². The van der Waals surface area contributed by atoms with Crippen LogP contribution in [0.2, 0.25) is 0 Å². The van der Waals surface area contributed by atoms with Crippen molar-refractivity contribution in [2.75, 3.05) is 18.5 Å². The van der Waals surface area contributed by atoms with Gasteiger partial charge in [0.2, 0.25) is 5.95 Å². The van der Waals surface area contributed by atoms with E-state index < -0.39 is 12.0 Å².